The summed E-state index contributed by atoms with van der Waals surface area (Å²) in [4.78, 5) is 13.0. The molecule has 1 N–H and O–H groups in total. The van der Waals surface area contributed by atoms with Crippen molar-refractivity contribution < 1.29 is 27.4 Å². The van der Waals surface area contributed by atoms with E-state index in [0.717, 1.165) is 16.1 Å². The van der Waals surface area contributed by atoms with Crippen molar-refractivity contribution in [1.82, 2.24) is 5.32 Å². The highest BCUT2D eigenvalue weighted by Crippen LogP contribution is 2.36. The Bertz CT molecular complexity index is 973. The number of nitrogens with one attached hydrogen (secondary N) is 1. The van der Waals surface area contributed by atoms with Crippen LogP contribution in [-0.2, 0) is 10.0 Å². The molecule has 8 nitrogen and oxygen atoms in total. The fraction of sp³-hybridized carbons (Fsp3) is 0.350. The lowest BCUT2D eigenvalue weighted by Crippen LogP contribution is -2.31. The minimum Gasteiger partial charge on any atom is -0.497 e. The van der Waals surface area contributed by atoms with Gasteiger partial charge in [0, 0.05) is 13.1 Å². The number of hydrogen-bond donors (Lipinski definition) is 1. The number of sulfonamides is 1. The molecule has 0 spiro atoms. The number of nitrogens with zero attached hydrogens (tertiary/aromatic N) is 1. The van der Waals surface area contributed by atoms with Crippen LogP contribution in [0.5, 0.6) is 17.2 Å². The van der Waals surface area contributed by atoms with Gasteiger partial charge in [-0.25, -0.2) is 8.42 Å². The first kappa shape index (κ1) is 22.4. The van der Waals surface area contributed by atoms with Gasteiger partial charge in [0.15, 0.2) is 11.5 Å². The molecule has 2 aromatic carbocycles. The van der Waals surface area contributed by atoms with Crippen molar-refractivity contribution in [1.29, 1.82) is 0 Å². The van der Waals surface area contributed by atoms with E-state index < -0.39 is 15.9 Å². The first-order valence-electron chi connectivity index (χ1n) is 8.77. The van der Waals surface area contributed by atoms with Gasteiger partial charge in [0.1, 0.15) is 5.75 Å². The Labute approximate surface area is 171 Å². The summed E-state index contributed by atoms with van der Waals surface area (Å²) >= 11 is 0. The second-order valence-electron chi connectivity index (χ2n) is 6.42. The maximum absolute atomic E-state index is 13.0. The predicted octanol–water partition coefficient (Wildman–Crippen LogP) is 2.60. The van der Waals surface area contributed by atoms with Crippen LogP contribution in [0.3, 0.4) is 0 Å². The lowest BCUT2D eigenvalue weighted by atomic mass is 10.1. The number of hydrogen-bond acceptors (Lipinski definition) is 6. The molecular weight excluding hydrogens is 396 g/mol. The first-order valence-corrected chi connectivity index (χ1v) is 10.6. The molecule has 0 bridgehead atoms. The van der Waals surface area contributed by atoms with Gasteiger partial charge in [-0.2, -0.15) is 0 Å². The number of methoxy groups -OCH3 is 3. The second-order valence-corrected chi connectivity index (χ2v) is 8.44. The molecule has 29 heavy (non-hydrogen) atoms. The van der Waals surface area contributed by atoms with Gasteiger partial charge in [0.25, 0.3) is 5.91 Å². The molecule has 158 valence electrons. The second kappa shape index (κ2) is 9.04. The standard InChI is InChI=1S/C20H26N2O6S/c1-13(14-7-9-15(26-3)10-8-14)21-20(23)16-11-18(27-4)19(28-5)12-17(16)22(2)29(6,24)25/h7-13H,1-6H3,(H,21,23)/t13-/m0/s1. The molecule has 0 aliphatic carbocycles. The number of anilines is 1. The number of benzene rings is 2. The van der Waals surface area contributed by atoms with Crippen LogP contribution in [0.1, 0.15) is 28.9 Å². The largest absolute Gasteiger partial charge is 0.497 e. The Morgan fingerprint density at radius 2 is 1.55 bits per heavy atom. The van der Waals surface area contributed by atoms with Crippen LogP contribution in [0.25, 0.3) is 0 Å². The normalized spacial score (nSPS) is 12.1. The summed E-state index contributed by atoms with van der Waals surface area (Å²) in [5, 5.41) is 2.89. The quantitative estimate of drug-likeness (QED) is 0.703. The minimum absolute atomic E-state index is 0.149. The highest BCUT2D eigenvalue weighted by Gasteiger charge is 2.24. The third-order valence-corrected chi connectivity index (χ3v) is 5.74. The lowest BCUT2D eigenvalue weighted by molar-refractivity contribution is 0.0940. The smallest absolute Gasteiger partial charge is 0.254 e. The van der Waals surface area contributed by atoms with Crippen molar-refractivity contribution in [3.05, 3.63) is 47.5 Å². The van der Waals surface area contributed by atoms with Crippen LogP contribution in [0.15, 0.2) is 36.4 Å². The van der Waals surface area contributed by atoms with Crippen LogP contribution in [0.4, 0.5) is 5.69 Å². The highest BCUT2D eigenvalue weighted by atomic mass is 32.2. The summed E-state index contributed by atoms with van der Waals surface area (Å²) in [5.74, 6) is 0.905. The zero-order valence-corrected chi connectivity index (χ0v) is 18.2. The third kappa shape index (κ3) is 5.11. The van der Waals surface area contributed by atoms with Crippen molar-refractivity contribution in [3.8, 4) is 17.2 Å². The zero-order chi connectivity index (χ0) is 21.8. The molecule has 0 saturated carbocycles. The molecule has 1 atom stereocenters. The monoisotopic (exact) mass is 422 g/mol. The van der Waals surface area contributed by atoms with E-state index in [1.165, 1.54) is 33.4 Å². The summed E-state index contributed by atoms with van der Waals surface area (Å²) in [5.41, 5.74) is 1.21. The number of rotatable bonds is 8. The maximum Gasteiger partial charge on any atom is 0.254 e. The Morgan fingerprint density at radius 1 is 1.00 bits per heavy atom. The minimum atomic E-state index is -3.60. The number of carbonyl (C=O) groups is 1. The SMILES string of the molecule is COc1ccc([C@H](C)NC(=O)c2cc(OC)c(OC)cc2N(C)S(C)(=O)=O)cc1. The van der Waals surface area contributed by atoms with E-state index in [1.54, 1.807) is 19.2 Å². The van der Waals surface area contributed by atoms with E-state index in [1.807, 2.05) is 19.1 Å². The van der Waals surface area contributed by atoms with E-state index in [4.69, 9.17) is 14.2 Å². The van der Waals surface area contributed by atoms with Crippen molar-refractivity contribution in [3.63, 3.8) is 0 Å². The molecule has 0 fully saturated rings. The van der Waals surface area contributed by atoms with Crippen LogP contribution in [-0.4, -0.2) is 49.0 Å². The average molecular weight is 423 g/mol. The lowest BCUT2D eigenvalue weighted by Gasteiger charge is -2.23. The summed E-state index contributed by atoms with van der Waals surface area (Å²) in [6.07, 6.45) is 1.06. The topological polar surface area (TPSA) is 94.2 Å². The molecule has 0 heterocycles. The van der Waals surface area contributed by atoms with Gasteiger partial charge in [-0.15, -0.1) is 0 Å². The Kier molecular flexibility index (Phi) is 6.97. The van der Waals surface area contributed by atoms with Crippen LogP contribution in [0.2, 0.25) is 0 Å². The Morgan fingerprint density at radius 3 is 2.03 bits per heavy atom. The van der Waals surface area contributed by atoms with Gasteiger partial charge >= 0.3 is 0 Å². The number of ether oxygens (including phenoxy) is 3. The van der Waals surface area contributed by atoms with Gasteiger partial charge in [0.2, 0.25) is 10.0 Å². The summed E-state index contributed by atoms with van der Waals surface area (Å²) in [6, 6.07) is 9.91. The number of amides is 1. The summed E-state index contributed by atoms with van der Waals surface area (Å²) in [6.45, 7) is 1.83. The average Bonchev–Trinajstić information content (AvgIpc) is 2.71. The fourth-order valence-corrected chi connectivity index (χ4v) is 3.25. The van der Waals surface area contributed by atoms with E-state index >= 15 is 0 Å². The highest BCUT2D eigenvalue weighted by molar-refractivity contribution is 7.92. The van der Waals surface area contributed by atoms with Crippen LogP contribution < -0.4 is 23.8 Å². The summed E-state index contributed by atoms with van der Waals surface area (Å²) < 4.78 is 40.9. The van der Waals surface area contributed by atoms with E-state index in [0.29, 0.717) is 17.2 Å². The van der Waals surface area contributed by atoms with Gasteiger partial charge < -0.3 is 19.5 Å². The van der Waals surface area contributed by atoms with Gasteiger partial charge in [0.05, 0.1) is 44.9 Å². The molecule has 9 heteroatoms. The molecular formula is C20H26N2O6S. The van der Waals surface area contributed by atoms with Crippen LogP contribution in [0, 0.1) is 0 Å². The molecule has 0 aromatic heterocycles. The van der Waals surface area contributed by atoms with Gasteiger partial charge in [-0.3, -0.25) is 9.10 Å². The Hall–Kier alpha value is -2.94. The molecule has 1 amide bonds. The molecule has 0 unspecified atom stereocenters. The maximum atomic E-state index is 13.0. The molecule has 2 aromatic rings. The van der Waals surface area contributed by atoms with Crippen molar-refractivity contribution in [2.75, 3.05) is 38.9 Å². The van der Waals surface area contributed by atoms with Gasteiger partial charge in [-0.1, -0.05) is 12.1 Å². The summed E-state index contributed by atoms with van der Waals surface area (Å²) in [7, 11) is 2.24. The van der Waals surface area contributed by atoms with E-state index in [9.17, 15) is 13.2 Å². The van der Waals surface area contributed by atoms with Crippen molar-refractivity contribution in [2.24, 2.45) is 0 Å². The Balaban J connectivity index is 2.43. The number of carbonyl (C=O) groups excluding carboxylic acids is 1. The fourth-order valence-electron chi connectivity index (χ4n) is 2.74. The predicted molar refractivity (Wildman–Crippen MR) is 112 cm³/mol. The molecule has 2 rings (SSSR count). The zero-order valence-electron chi connectivity index (χ0n) is 17.3. The van der Waals surface area contributed by atoms with Gasteiger partial charge in [-0.05, 0) is 30.7 Å². The molecule has 0 saturated heterocycles. The van der Waals surface area contributed by atoms with Crippen molar-refractivity contribution in [2.45, 2.75) is 13.0 Å². The van der Waals surface area contributed by atoms with E-state index in [-0.39, 0.29) is 17.3 Å². The van der Waals surface area contributed by atoms with E-state index in [2.05, 4.69) is 5.32 Å². The molecule has 0 aliphatic rings. The van der Waals surface area contributed by atoms with Crippen molar-refractivity contribution >= 4 is 21.6 Å². The molecule has 0 aliphatic heterocycles. The first-order chi connectivity index (χ1) is 13.6. The third-order valence-electron chi connectivity index (χ3n) is 4.55. The van der Waals surface area contributed by atoms with Crippen LogP contribution >= 0.6 is 0 Å². The molecule has 0 radical (unpaired) electrons.